The summed E-state index contributed by atoms with van der Waals surface area (Å²) in [6.07, 6.45) is 7.32. The molecule has 118 valence electrons. The molecule has 0 bridgehead atoms. The van der Waals surface area contributed by atoms with Gasteiger partial charge >= 0.3 is 0 Å². The first-order chi connectivity index (χ1) is 11.2. The van der Waals surface area contributed by atoms with Crippen LogP contribution in [0.1, 0.15) is 16.0 Å². The highest BCUT2D eigenvalue weighted by Gasteiger charge is 2.21. The van der Waals surface area contributed by atoms with E-state index in [2.05, 4.69) is 21.7 Å². The SMILES string of the molecule is O=C(/C=C\c1cccnc1)NCC(=O)N1CCc2sccc2C1. The first-order valence-corrected chi connectivity index (χ1v) is 8.29. The number of carbonyl (C=O) groups excluding carboxylic acids is 2. The molecule has 0 radical (unpaired) electrons. The van der Waals surface area contributed by atoms with Gasteiger partial charge in [-0.15, -0.1) is 11.3 Å². The summed E-state index contributed by atoms with van der Waals surface area (Å²) >= 11 is 1.74. The molecule has 2 aromatic heterocycles. The Labute approximate surface area is 138 Å². The Kier molecular flexibility index (Phi) is 4.83. The maximum atomic E-state index is 12.2. The van der Waals surface area contributed by atoms with Crippen LogP contribution in [0.15, 0.2) is 42.0 Å². The van der Waals surface area contributed by atoms with Gasteiger partial charge in [0.15, 0.2) is 0 Å². The Hall–Kier alpha value is -2.47. The fourth-order valence-corrected chi connectivity index (χ4v) is 3.33. The summed E-state index contributed by atoms with van der Waals surface area (Å²) in [6, 6.07) is 5.72. The molecule has 0 unspecified atom stereocenters. The van der Waals surface area contributed by atoms with E-state index in [1.54, 1.807) is 40.8 Å². The molecule has 0 saturated heterocycles. The van der Waals surface area contributed by atoms with E-state index in [0.29, 0.717) is 13.1 Å². The Balaban J connectivity index is 1.48. The zero-order valence-electron chi connectivity index (χ0n) is 12.6. The molecule has 2 amide bonds. The first kappa shape index (κ1) is 15.4. The van der Waals surface area contributed by atoms with E-state index in [1.807, 2.05) is 6.07 Å². The molecular weight excluding hydrogens is 310 g/mol. The number of carbonyl (C=O) groups is 2. The van der Waals surface area contributed by atoms with Crippen LogP contribution in [-0.2, 0) is 22.6 Å². The van der Waals surface area contributed by atoms with Crippen molar-refractivity contribution in [1.82, 2.24) is 15.2 Å². The van der Waals surface area contributed by atoms with Crippen molar-refractivity contribution in [2.75, 3.05) is 13.1 Å². The standard InChI is InChI=1S/C17H17N3O2S/c21-16(4-3-13-2-1-7-18-10-13)19-11-17(22)20-8-5-15-14(12-20)6-9-23-15/h1-4,6-7,9-10H,5,8,11-12H2,(H,19,21)/b4-3-. The predicted molar refractivity (Wildman–Crippen MR) is 89.7 cm³/mol. The van der Waals surface area contributed by atoms with Gasteiger partial charge in [0.25, 0.3) is 0 Å². The highest BCUT2D eigenvalue weighted by atomic mass is 32.1. The lowest BCUT2D eigenvalue weighted by molar-refractivity contribution is -0.132. The summed E-state index contributed by atoms with van der Waals surface area (Å²) in [6.45, 7) is 1.38. The molecule has 0 spiro atoms. The second kappa shape index (κ2) is 7.19. The molecule has 5 nitrogen and oxygen atoms in total. The zero-order chi connectivity index (χ0) is 16.1. The van der Waals surface area contributed by atoms with E-state index < -0.39 is 0 Å². The van der Waals surface area contributed by atoms with Crippen molar-refractivity contribution in [2.24, 2.45) is 0 Å². The number of thiophene rings is 1. The van der Waals surface area contributed by atoms with E-state index in [-0.39, 0.29) is 18.4 Å². The minimum atomic E-state index is -0.282. The molecule has 0 aliphatic carbocycles. The third-order valence-electron chi connectivity index (χ3n) is 3.69. The predicted octanol–water partition coefficient (Wildman–Crippen LogP) is 1.86. The van der Waals surface area contributed by atoms with Gasteiger partial charge in [0.2, 0.25) is 11.8 Å². The van der Waals surface area contributed by atoms with E-state index in [4.69, 9.17) is 0 Å². The van der Waals surface area contributed by atoms with Crippen LogP contribution in [0, 0.1) is 0 Å². The molecule has 0 fully saturated rings. The third kappa shape index (κ3) is 4.04. The number of hydrogen-bond donors (Lipinski definition) is 1. The molecule has 2 aromatic rings. The van der Waals surface area contributed by atoms with Crippen LogP contribution in [0.2, 0.25) is 0 Å². The van der Waals surface area contributed by atoms with Crippen molar-refractivity contribution in [3.8, 4) is 0 Å². The van der Waals surface area contributed by atoms with Gasteiger partial charge < -0.3 is 10.2 Å². The Morgan fingerprint density at radius 1 is 1.39 bits per heavy atom. The van der Waals surface area contributed by atoms with Crippen LogP contribution >= 0.6 is 11.3 Å². The third-order valence-corrected chi connectivity index (χ3v) is 4.71. The van der Waals surface area contributed by atoms with E-state index in [0.717, 1.165) is 12.0 Å². The quantitative estimate of drug-likeness (QED) is 0.872. The second-order valence-corrected chi connectivity index (χ2v) is 6.27. The maximum absolute atomic E-state index is 12.2. The minimum absolute atomic E-state index is 0.0235. The zero-order valence-corrected chi connectivity index (χ0v) is 13.4. The average molecular weight is 327 g/mol. The van der Waals surface area contributed by atoms with Gasteiger partial charge in [0.05, 0.1) is 6.54 Å². The molecule has 1 aliphatic rings. The molecule has 1 N–H and O–H groups in total. The van der Waals surface area contributed by atoms with Crippen molar-refractivity contribution in [3.63, 3.8) is 0 Å². The highest BCUT2D eigenvalue weighted by Crippen LogP contribution is 2.23. The normalized spacial score (nSPS) is 13.8. The minimum Gasteiger partial charge on any atom is -0.343 e. The highest BCUT2D eigenvalue weighted by molar-refractivity contribution is 7.10. The number of rotatable bonds is 4. The maximum Gasteiger partial charge on any atom is 0.244 e. The largest absolute Gasteiger partial charge is 0.343 e. The molecule has 0 atom stereocenters. The fourth-order valence-electron chi connectivity index (χ4n) is 2.44. The monoisotopic (exact) mass is 327 g/mol. The molecule has 1 aliphatic heterocycles. The van der Waals surface area contributed by atoms with E-state index >= 15 is 0 Å². The lowest BCUT2D eigenvalue weighted by Gasteiger charge is -2.27. The van der Waals surface area contributed by atoms with E-state index in [1.165, 1.54) is 16.5 Å². The topological polar surface area (TPSA) is 62.3 Å². The molecule has 23 heavy (non-hydrogen) atoms. The molecular formula is C17H17N3O2S. The lowest BCUT2D eigenvalue weighted by Crippen LogP contribution is -2.41. The summed E-state index contributed by atoms with van der Waals surface area (Å²) in [7, 11) is 0. The van der Waals surface area contributed by atoms with Crippen LogP contribution in [0.25, 0.3) is 6.08 Å². The number of nitrogens with zero attached hydrogens (tertiary/aromatic N) is 2. The Morgan fingerprint density at radius 2 is 2.30 bits per heavy atom. The van der Waals surface area contributed by atoms with Crippen LogP contribution in [-0.4, -0.2) is 34.8 Å². The number of aromatic nitrogens is 1. The van der Waals surface area contributed by atoms with Crippen molar-refractivity contribution in [1.29, 1.82) is 0 Å². The number of pyridine rings is 1. The number of fused-ring (bicyclic) bond motifs is 1. The Bertz CT molecular complexity index is 724. The van der Waals surface area contributed by atoms with Crippen LogP contribution in [0.4, 0.5) is 0 Å². The molecule has 0 aromatic carbocycles. The number of amides is 2. The molecule has 3 heterocycles. The van der Waals surface area contributed by atoms with Gasteiger partial charge in [0, 0.05) is 36.4 Å². The van der Waals surface area contributed by atoms with Gasteiger partial charge in [-0.3, -0.25) is 14.6 Å². The summed E-state index contributed by atoms with van der Waals surface area (Å²) in [5, 5.41) is 4.69. The molecule has 0 saturated carbocycles. The summed E-state index contributed by atoms with van der Waals surface area (Å²) in [4.78, 5) is 31.1. The average Bonchev–Trinajstić information content (AvgIpc) is 3.06. The summed E-state index contributed by atoms with van der Waals surface area (Å²) in [5.74, 6) is -0.333. The van der Waals surface area contributed by atoms with Crippen LogP contribution < -0.4 is 5.32 Å². The second-order valence-electron chi connectivity index (χ2n) is 5.27. The van der Waals surface area contributed by atoms with Gasteiger partial charge in [0.1, 0.15) is 0 Å². The Morgan fingerprint density at radius 3 is 3.13 bits per heavy atom. The van der Waals surface area contributed by atoms with Crippen LogP contribution in [0.3, 0.4) is 0 Å². The summed E-state index contributed by atoms with van der Waals surface area (Å²) in [5.41, 5.74) is 2.06. The lowest BCUT2D eigenvalue weighted by atomic mass is 10.1. The molecule has 3 rings (SSSR count). The first-order valence-electron chi connectivity index (χ1n) is 7.41. The van der Waals surface area contributed by atoms with Gasteiger partial charge in [-0.1, -0.05) is 6.07 Å². The van der Waals surface area contributed by atoms with Crippen molar-refractivity contribution >= 4 is 29.2 Å². The summed E-state index contributed by atoms with van der Waals surface area (Å²) < 4.78 is 0. The smallest absolute Gasteiger partial charge is 0.244 e. The molecule has 6 heteroatoms. The van der Waals surface area contributed by atoms with Crippen molar-refractivity contribution in [2.45, 2.75) is 13.0 Å². The van der Waals surface area contributed by atoms with Gasteiger partial charge in [-0.05, 0) is 41.1 Å². The number of hydrogen-bond acceptors (Lipinski definition) is 4. The van der Waals surface area contributed by atoms with E-state index in [9.17, 15) is 9.59 Å². The fraction of sp³-hybridized carbons (Fsp3) is 0.235. The van der Waals surface area contributed by atoms with Crippen LogP contribution in [0.5, 0.6) is 0 Å². The van der Waals surface area contributed by atoms with Gasteiger partial charge in [-0.25, -0.2) is 0 Å². The number of nitrogens with one attached hydrogen (secondary N) is 1. The van der Waals surface area contributed by atoms with Crippen molar-refractivity contribution in [3.05, 3.63) is 58.1 Å². The van der Waals surface area contributed by atoms with Gasteiger partial charge in [-0.2, -0.15) is 0 Å². The van der Waals surface area contributed by atoms with Crippen molar-refractivity contribution < 1.29 is 9.59 Å².